The van der Waals surface area contributed by atoms with Crippen molar-refractivity contribution >= 4 is 56.9 Å². The van der Waals surface area contributed by atoms with Gasteiger partial charge in [-0.1, -0.05) is 47.7 Å². The van der Waals surface area contributed by atoms with Crippen molar-refractivity contribution in [2.45, 2.75) is 0 Å². The number of aromatic nitrogens is 2. The number of hydrogen-bond donors (Lipinski definition) is 4. The van der Waals surface area contributed by atoms with Crippen molar-refractivity contribution in [2.24, 2.45) is 0 Å². The zero-order valence-corrected chi connectivity index (χ0v) is 20.3. The number of carboxylic acid groups (broad SMARTS) is 1. The highest BCUT2D eigenvalue weighted by molar-refractivity contribution is 7.23. The van der Waals surface area contributed by atoms with E-state index in [1.165, 1.54) is 34.8 Å². The van der Waals surface area contributed by atoms with Gasteiger partial charge in [-0.3, -0.25) is 4.79 Å². The van der Waals surface area contributed by atoms with Crippen LogP contribution in [0.2, 0.25) is 0 Å². The summed E-state index contributed by atoms with van der Waals surface area (Å²) in [5.41, 5.74) is 9.81. The number of anilines is 4. The van der Waals surface area contributed by atoms with E-state index in [2.05, 4.69) is 15.6 Å². The van der Waals surface area contributed by atoms with Gasteiger partial charge in [0.15, 0.2) is 5.13 Å². The van der Waals surface area contributed by atoms with Crippen LogP contribution in [0.15, 0.2) is 84.2 Å². The fourth-order valence-electron chi connectivity index (χ4n) is 3.45. The average molecular weight is 514 g/mol. The summed E-state index contributed by atoms with van der Waals surface area (Å²) in [5.74, 6) is -0.850. The largest absolute Gasteiger partial charge is 0.478 e. The number of carbonyl (C=O) groups excluding carboxylic acids is 1. The number of aromatic carboxylic acids is 1. The van der Waals surface area contributed by atoms with Crippen molar-refractivity contribution in [3.63, 3.8) is 0 Å². The normalized spacial score (nSPS) is 10.7. The van der Waals surface area contributed by atoms with E-state index in [4.69, 9.17) is 10.7 Å². The maximum absolute atomic E-state index is 12.5. The van der Waals surface area contributed by atoms with E-state index in [-0.39, 0.29) is 11.5 Å². The van der Waals surface area contributed by atoms with Gasteiger partial charge in [0.05, 0.1) is 11.3 Å². The van der Waals surface area contributed by atoms with Gasteiger partial charge in [0.1, 0.15) is 15.7 Å². The fraction of sp³-hybridized carbons (Fsp3) is 0. The summed E-state index contributed by atoms with van der Waals surface area (Å²) in [4.78, 5) is 33.5. The molecule has 0 aliphatic heterocycles. The summed E-state index contributed by atoms with van der Waals surface area (Å²) in [6, 6.07) is 23.0. The van der Waals surface area contributed by atoms with Crippen LogP contribution in [0.25, 0.3) is 21.1 Å². The minimum Gasteiger partial charge on any atom is -0.478 e. The molecule has 0 bridgehead atoms. The lowest BCUT2D eigenvalue weighted by Gasteiger charge is -2.06. The predicted octanol–water partition coefficient (Wildman–Crippen LogP) is 6.21. The molecule has 5 N–H and O–H groups in total. The van der Waals surface area contributed by atoms with Gasteiger partial charge in [0.25, 0.3) is 5.91 Å². The Bertz CT molecular complexity index is 1560. The summed E-state index contributed by atoms with van der Waals surface area (Å²) >= 11 is 2.78. The molecule has 0 unspecified atom stereocenters. The molecule has 0 atom stereocenters. The second kappa shape index (κ2) is 9.98. The lowest BCUT2D eigenvalue weighted by Crippen LogP contribution is -2.11. The van der Waals surface area contributed by atoms with Crippen LogP contribution >= 0.6 is 22.7 Å². The molecule has 5 aromatic rings. The molecule has 5 rings (SSSR count). The number of amides is 1. The molecule has 0 saturated carbocycles. The Morgan fingerprint density at radius 2 is 1.61 bits per heavy atom. The third-order valence-corrected chi connectivity index (χ3v) is 7.15. The standard InChI is InChI=1S/C26H19N5O3S2/c27-22-21(36-26(31-22)29-19-11-5-9-17(13-19)25(33)34)24-30-20(14-35-24)16-8-4-10-18(12-16)28-23(32)15-6-2-1-3-7-15/h1-14H,27H2,(H,28,32)(H,29,31)(H,33,34). The van der Waals surface area contributed by atoms with Gasteiger partial charge < -0.3 is 21.5 Å². The van der Waals surface area contributed by atoms with Gasteiger partial charge >= 0.3 is 5.97 Å². The SMILES string of the molecule is Nc1nc(Nc2cccc(C(=O)O)c2)sc1-c1nc(-c2cccc(NC(=O)c3ccccc3)c2)cs1. The molecule has 0 saturated heterocycles. The first-order chi connectivity index (χ1) is 17.5. The highest BCUT2D eigenvalue weighted by Gasteiger charge is 2.16. The van der Waals surface area contributed by atoms with Crippen molar-refractivity contribution in [1.29, 1.82) is 0 Å². The molecule has 0 radical (unpaired) electrons. The summed E-state index contributed by atoms with van der Waals surface area (Å²) in [6.07, 6.45) is 0. The molecule has 3 aromatic carbocycles. The Hall–Kier alpha value is -4.54. The zero-order chi connectivity index (χ0) is 25.1. The van der Waals surface area contributed by atoms with E-state index in [0.29, 0.717) is 32.9 Å². The number of thiazole rings is 2. The minimum atomic E-state index is -1.00. The summed E-state index contributed by atoms with van der Waals surface area (Å²) < 4.78 is 0. The molecule has 0 aliphatic rings. The molecule has 36 heavy (non-hydrogen) atoms. The molecule has 1 amide bonds. The number of rotatable bonds is 7. The second-order valence-corrected chi connectivity index (χ2v) is 9.54. The van der Waals surface area contributed by atoms with Crippen molar-refractivity contribution in [2.75, 3.05) is 16.4 Å². The number of nitrogens with zero attached hydrogens (tertiary/aromatic N) is 2. The lowest BCUT2D eigenvalue weighted by molar-refractivity contribution is 0.0696. The number of nitrogens with two attached hydrogens (primary N) is 1. The molecular weight excluding hydrogens is 494 g/mol. The molecule has 0 spiro atoms. The first-order valence-corrected chi connectivity index (χ1v) is 12.5. The van der Waals surface area contributed by atoms with Crippen molar-refractivity contribution in [3.05, 3.63) is 95.4 Å². The third-order valence-electron chi connectivity index (χ3n) is 5.16. The molecule has 0 aliphatic carbocycles. The molecule has 2 heterocycles. The van der Waals surface area contributed by atoms with Crippen LogP contribution in [0, 0.1) is 0 Å². The van der Waals surface area contributed by atoms with E-state index in [9.17, 15) is 14.7 Å². The predicted molar refractivity (Wildman–Crippen MR) is 144 cm³/mol. The highest BCUT2D eigenvalue weighted by Crippen LogP contribution is 2.39. The van der Waals surface area contributed by atoms with Crippen LogP contribution in [-0.2, 0) is 0 Å². The van der Waals surface area contributed by atoms with Crippen LogP contribution in [0.5, 0.6) is 0 Å². The summed E-state index contributed by atoms with van der Waals surface area (Å²) in [7, 11) is 0. The van der Waals surface area contributed by atoms with Crippen molar-refractivity contribution < 1.29 is 14.7 Å². The van der Waals surface area contributed by atoms with E-state index in [1.54, 1.807) is 24.3 Å². The smallest absolute Gasteiger partial charge is 0.335 e. The Morgan fingerprint density at radius 1 is 0.861 bits per heavy atom. The minimum absolute atomic E-state index is 0.177. The van der Waals surface area contributed by atoms with Gasteiger partial charge in [0, 0.05) is 27.9 Å². The van der Waals surface area contributed by atoms with Crippen molar-refractivity contribution in [1.82, 2.24) is 9.97 Å². The maximum Gasteiger partial charge on any atom is 0.335 e. The van der Waals surface area contributed by atoms with Gasteiger partial charge in [-0.15, -0.1) is 11.3 Å². The van der Waals surface area contributed by atoms with Crippen LogP contribution in [0.1, 0.15) is 20.7 Å². The van der Waals surface area contributed by atoms with Crippen molar-refractivity contribution in [3.8, 4) is 21.1 Å². The number of hydrogen-bond acceptors (Lipinski definition) is 8. The van der Waals surface area contributed by atoms with Crippen LogP contribution in [0.4, 0.5) is 22.3 Å². The van der Waals surface area contributed by atoms with Gasteiger partial charge in [-0.25, -0.2) is 14.8 Å². The quantitative estimate of drug-likeness (QED) is 0.203. The number of benzene rings is 3. The second-order valence-electron chi connectivity index (χ2n) is 7.68. The van der Waals surface area contributed by atoms with E-state index >= 15 is 0 Å². The summed E-state index contributed by atoms with van der Waals surface area (Å²) in [6.45, 7) is 0. The van der Waals surface area contributed by atoms with Gasteiger partial charge in [0.2, 0.25) is 0 Å². The molecule has 8 nitrogen and oxygen atoms in total. The number of nitrogens with one attached hydrogen (secondary N) is 2. The zero-order valence-electron chi connectivity index (χ0n) is 18.6. The monoisotopic (exact) mass is 513 g/mol. The molecule has 0 fully saturated rings. The first kappa shape index (κ1) is 23.2. The van der Waals surface area contributed by atoms with E-state index in [0.717, 1.165) is 16.1 Å². The Balaban J connectivity index is 1.34. The first-order valence-electron chi connectivity index (χ1n) is 10.8. The topological polar surface area (TPSA) is 130 Å². The van der Waals surface area contributed by atoms with Crippen LogP contribution < -0.4 is 16.4 Å². The number of nitrogen functional groups attached to an aromatic ring is 1. The highest BCUT2D eigenvalue weighted by atomic mass is 32.1. The third kappa shape index (κ3) is 5.09. The van der Waals surface area contributed by atoms with Gasteiger partial charge in [-0.05, 0) is 42.5 Å². The van der Waals surface area contributed by atoms with E-state index < -0.39 is 5.97 Å². The maximum atomic E-state index is 12.5. The molecule has 10 heteroatoms. The summed E-state index contributed by atoms with van der Waals surface area (Å²) in [5, 5.41) is 18.4. The molecule has 178 valence electrons. The lowest BCUT2D eigenvalue weighted by atomic mass is 10.1. The van der Waals surface area contributed by atoms with E-state index in [1.807, 2.05) is 47.8 Å². The Morgan fingerprint density at radius 3 is 2.42 bits per heavy atom. The molecular formula is C26H19N5O3S2. The number of carbonyl (C=O) groups is 2. The van der Waals surface area contributed by atoms with Gasteiger partial charge in [-0.2, -0.15) is 0 Å². The molecule has 2 aromatic heterocycles. The average Bonchev–Trinajstić information content (AvgIpc) is 3.51. The Labute approximate surface area is 214 Å². The number of carboxylic acids is 1. The van der Waals surface area contributed by atoms with Crippen LogP contribution in [-0.4, -0.2) is 27.0 Å². The Kier molecular flexibility index (Phi) is 6.44. The fourth-order valence-corrected chi connectivity index (χ4v) is 5.29. The van der Waals surface area contributed by atoms with Crippen LogP contribution in [0.3, 0.4) is 0 Å².